The minimum Gasteiger partial charge on any atom is -0.372 e. The summed E-state index contributed by atoms with van der Waals surface area (Å²) in [6.45, 7) is 2.53. The van der Waals surface area contributed by atoms with E-state index in [1.807, 2.05) is 11.0 Å². The quantitative estimate of drug-likeness (QED) is 0.836. The van der Waals surface area contributed by atoms with Gasteiger partial charge in [0.05, 0.1) is 0 Å². The second-order valence-electron chi connectivity index (χ2n) is 5.04. The van der Waals surface area contributed by atoms with Gasteiger partial charge in [0.15, 0.2) is 0 Å². The highest BCUT2D eigenvalue weighted by Crippen LogP contribution is 2.22. The average molecular weight is 265 g/mol. The molecular weight excluding hydrogens is 245 g/mol. The van der Waals surface area contributed by atoms with Gasteiger partial charge in [-0.1, -0.05) is 12.1 Å². The standard InChI is InChI=1S/C15H20FNO2/c1-11(19-2)15(18)17-8-4-7-14(17)10-12-5-3-6-13(16)9-12/h3,5-6,9,11,14H,4,7-8,10H2,1-2H3. The maximum atomic E-state index is 13.2. The van der Waals surface area contributed by atoms with Gasteiger partial charge in [0, 0.05) is 19.7 Å². The molecule has 0 spiro atoms. The molecular formula is C15H20FNO2. The molecule has 1 aromatic carbocycles. The van der Waals surface area contributed by atoms with Gasteiger partial charge in [0.25, 0.3) is 5.91 Å². The van der Waals surface area contributed by atoms with Crippen molar-refractivity contribution >= 4 is 5.91 Å². The van der Waals surface area contributed by atoms with Crippen LogP contribution in [-0.4, -0.2) is 36.6 Å². The van der Waals surface area contributed by atoms with Crippen molar-refractivity contribution in [3.63, 3.8) is 0 Å². The predicted octanol–water partition coefficient (Wildman–Crippen LogP) is 2.39. The van der Waals surface area contributed by atoms with Gasteiger partial charge in [-0.2, -0.15) is 0 Å². The molecule has 1 amide bonds. The van der Waals surface area contributed by atoms with E-state index in [4.69, 9.17) is 4.74 Å². The number of carbonyl (C=O) groups is 1. The molecule has 1 saturated heterocycles. The Morgan fingerprint density at radius 1 is 1.58 bits per heavy atom. The van der Waals surface area contributed by atoms with Gasteiger partial charge in [-0.05, 0) is 43.9 Å². The minimum atomic E-state index is -0.409. The molecule has 1 aromatic rings. The van der Waals surface area contributed by atoms with E-state index in [9.17, 15) is 9.18 Å². The van der Waals surface area contributed by atoms with Gasteiger partial charge in [0.1, 0.15) is 11.9 Å². The zero-order chi connectivity index (χ0) is 13.8. The lowest BCUT2D eigenvalue weighted by Gasteiger charge is -2.27. The normalized spacial score (nSPS) is 20.6. The first-order valence-electron chi connectivity index (χ1n) is 6.69. The van der Waals surface area contributed by atoms with Crippen molar-refractivity contribution in [2.75, 3.05) is 13.7 Å². The van der Waals surface area contributed by atoms with Crippen LogP contribution < -0.4 is 0 Å². The number of rotatable bonds is 4. The molecule has 19 heavy (non-hydrogen) atoms. The number of hydrogen-bond acceptors (Lipinski definition) is 2. The van der Waals surface area contributed by atoms with E-state index >= 15 is 0 Å². The predicted molar refractivity (Wildman–Crippen MR) is 71.3 cm³/mol. The lowest BCUT2D eigenvalue weighted by atomic mass is 10.0. The molecule has 0 aliphatic carbocycles. The Bertz CT molecular complexity index is 450. The van der Waals surface area contributed by atoms with Crippen LogP contribution in [0, 0.1) is 5.82 Å². The highest BCUT2D eigenvalue weighted by atomic mass is 19.1. The molecule has 1 aliphatic heterocycles. The Morgan fingerprint density at radius 3 is 3.05 bits per heavy atom. The Labute approximate surface area is 113 Å². The summed E-state index contributed by atoms with van der Waals surface area (Å²) in [5.74, 6) is -0.194. The number of amides is 1. The summed E-state index contributed by atoms with van der Waals surface area (Å²) in [5, 5.41) is 0. The molecule has 0 bridgehead atoms. The van der Waals surface area contributed by atoms with Crippen molar-refractivity contribution in [2.45, 2.75) is 38.3 Å². The average Bonchev–Trinajstić information content (AvgIpc) is 2.85. The first-order valence-corrected chi connectivity index (χ1v) is 6.69. The third-order valence-electron chi connectivity index (χ3n) is 3.72. The van der Waals surface area contributed by atoms with Crippen LogP contribution in [-0.2, 0) is 16.0 Å². The van der Waals surface area contributed by atoms with Crippen molar-refractivity contribution in [2.24, 2.45) is 0 Å². The molecule has 1 heterocycles. The second-order valence-corrected chi connectivity index (χ2v) is 5.04. The molecule has 3 nitrogen and oxygen atoms in total. The van der Waals surface area contributed by atoms with Crippen molar-refractivity contribution < 1.29 is 13.9 Å². The molecule has 2 unspecified atom stereocenters. The number of hydrogen-bond donors (Lipinski definition) is 0. The molecule has 2 atom stereocenters. The number of carbonyl (C=O) groups excluding carboxylic acids is 1. The molecule has 4 heteroatoms. The second kappa shape index (κ2) is 6.15. The van der Waals surface area contributed by atoms with Crippen LogP contribution >= 0.6 is 0 Å². The number of ether oxygens (including phenoxy) is 1. The Morgan fingerprint density at radius 2 is 2.37 bits per heavy atom. The number of benzene rings is 1. The fourth-order valence-corrected chi connectivity index (χ4v) is 2.61. The molecule has 0 aromatic heterocycles. The molecule has 1 fully saturated rings. The first-order chi connectivity index (χ1) is 9.11. The third-order valence-corrected chi connectivity index (χ3v) is 3.72. The van der Waals surface area contributed by atoms with E-state index in [0.29, 0.717) is 6.42 Å². The summed E-state index contributed by atoms with van der Waals surface area (Å²) in [7, 11) is 1.54. The highest BCUT2D eigenvalue weighted by Gasteiger charge is 2.31. The van der Waals surface area contributed by atoms with Crippen molar-refractivity contribution in [3.8, 4) is 0 Å². The van der Waals surface area contributed by atoms with Crippen LogP contribution in [0.25, 0.3) is 0 Å². The van der Waals surface area contributed by atoms with Crippen LogP contribution in [0.2, 0.25) is 0 Å². The van der Waals surface area contributed by atoms with Gasteiger partial charge in [-0.25, -0.2) is 4.39 Å². The lowest BCUT2D eigenvalue weighted by Crippen LogP contribution is -2.42. The smallest absolute Gasteiger partial charge is 0.251 e. The zero-order valence-corrected chi connectivity index (χ0v) is 11.4. The van der Waals surface area contributed by atoms with Gasteiger partial charge < -0.3 is 9.64 Å². The van der Waals surface area contributed by atoms with E-state index in [1.165, 1.54) is 6.07 Å². The van der Waals surface area contributed by atoms with Gasteiger partial charge in [0.2, 0.25) is 0 Å². The maximum Gasteiger partial charge on any atom is 0.251 e. The molecule has 0 radical (unpaired) electrons. The van der Waals surface area contributed by atoms with E-state index < -0.39 is 6.10 Å². The topological polar surface area (TPSA) is 29.5 Å². The van der Waals surface area contributed by atoms with Gasteiger partial charge >= 0.3 is 0 Å². The first kappa shape index (κ1) is 14.0. The van der Waals surface area contributed by atoms with E-state index in [1.54, 1.807) is 26.2 Å². The number of nitrogens with zero attached hydrogens (tertiary/aromatic N) is 1. The van der Waals surface area contributed by atoms with Gasteiger partial charge in [-0.15, -0.1) is 0 Å². The van der Waals surface area contributed by atoms with Crippen LogP contribution in [0.3, 0.4) is 0 Å². The lowest BCUT2D eigenvalue weighted by molar-refractivity contribution is -0.141. The van der Waals surface area contributed by atoms with E-state index in [0.717, 1.165) is 24.9 Å². The van der Waals surface area contributed by atoms with Crippen LogP contribution in [0.15, 0.2) is 24.3 Å². The number of halogens is 1. The minimum absolute atomic E-state index is 0.0291. The van der Waals surface area contributed by atoms with E-state index in [-0.39, 0.29) is 17.8 Å². The SMILES string of the molecule is COC(C)C(=O)N1CCCC1Cc1cccc(F)c1. The number of likely N-dealkylation sites (tertiary alicyclic amines) is 1. The maximum absolute atomic E-state index is 13.2. The molecule has 0 saturated carbocycles. The molecule has 104 valence electrons. The summed E-state index contributed by atoms with van der Waals surface area (Å²) < 4.78 is 18.3. The summed E-state index contributed by atoms with van der Waals surface area (Å²) in [4.78, 5) is 14.0. The van der Waals surface area contributed by atoms with Crippen LogP contribution in [0.1, 0.15) is 25.3 Å². The van der Waals surface area contributed by atoms with Crippen molar-refractivity contribution in [3.05, 3.63) is 35.6 Å². The van der Waals surface area contributed by atoms with E-state index in [2.05, 4.69) is 0 Å². The Balaban J connectivity index is 2.05. The van der Waals surface area contributed by atoms with Gasteiger partial charge in [-0.3, -0.25) is 4.79 Å². The summed E-state index contributed by atoms with van der Waals surface area (Å²) in [5.41, 5.74) is 0.940. The Kier molecular flexibility index (Phi) is 4.53. The van der Waals surface area contributed by atoms with Crippen molar-refractivity contribution in [1.29, 1.82) is 0 Å². The molecule has 2 rings (SSSR count). The molecule has 1 aliphatic rings. The summed E-state index contributed by atoms with van der Waals surface area (Å²) in [6.07, 6.45) is 2.27. The zero-order valence-electron chi connectivity index (χ0n) is 11.4. The Hall–Kier alpha value is -1.42. The summed E-state index contributed by atoms with van der Waals surface area (Å²) >= 11 is 0. The third kappa shape index (κ3) is 3.32. The largest absolute Gasteiger partial charge is 0.372 e. The van der Waals surface area contributed by atoms with Crippen LogP contribution in [0.4, 0.5) is 4.39 Å². The number of methoxy groups -OCH3 is 1. The molecule has 0 N–H and O–H groups in total. The van der Waals surface area contributed by atoms with Crippen LogP contribution in [0.5, 0.6) is 0 Å². The summed E-state index contributed by atoms with van der Waals surface area (Å²) in [6, 6.07) is 6.76. The highest BCUT2D eigenvalue weighted by molar-refractivity contribution is 5.81. The monoisotopic (exact) mass is 265 g/mol. The van der Waals surface area contributed by atoms with Crippen molar-refractivity contribution in [1.82, 2.24) is 4.90 Å². The fraction of sp³-hybridized carbons (Fsp3) is 0.533. The fourth-order valence-electron chi connectivity index (χ4n) is 2.61.